The summed E-state index contributed by atoms with van der Waals surface area (Å²) in [5.41, 5.74) is 3.70. The molecule has 0 aromatic carbocycles. The monoisotopic (exact) mass is 289 g/mol. The minimum Gasteiger partial charge on any atom is -0.367 e. The smallest absolute Gasteiger partial charge is 0.160 e. The van der Waals surface area contributed by atoms with Crippen LogP contribution in [0.3, 0.4) is 0 Å². The van der Waals surface area contributed by atoms with Crippen molar-refractivity contribution in [2.24, 2.45) is 5.41 Å². The molecule has 4 heteroatoms. The van der Waals surface area contributed by atoms with Crippen LogP contribution in [0.4, 0.5) is 0 Å². The van der Waals surface area contributed by atoms with E-state index in [9.17, 15) is 0 Å². The van der Waals surface area contributed by atoms with Gasteiger partial charge in [-0.05, 0) is 44.9 Å². The first kappa shape index (κ1) is 14.9. The van der Waals surface area contributed by atoms with E-state index in [4.69, 9.17) is 14.7 Å². The Bertz CT molecular complexity index is 529. The van der Waals surface area contributed by atoms with Crippen LogP contribution in [0.15, 0.2) is 0 Å². The molecule has 0 amide bonds. The summed E-state index contributed by atoms with van der Waals surface area (Å²) in [5, 5.41) is 3.37. The molecule has 3 rings (SSSR count). The van der Waals surface area contributed by atoms with Crippen molar-refractivity contribution in [2.45, 2.75) is 72.1 Å². The second kappa shape index (κ2) is 5.33. The van der Waals surface area contributed by atoms with Gasteiger partial charge in [0.15, 0.2) is 5.82 Å². The van der Waals surface area contributed by atoms with Crippen LogP contribution < -0.4 is 5.32 Å². The molecule has 21 heavy (non-hydrogen) atoms. The number of nitrogens with one attached hydrogen (secondary N) is 1. The molecule has 1 saturated carbocycles. The molecule has 2 heterocycles. The van der Waals surface area contributed by atoms with E-state index >= 15 is 0 Å². The van der Waals surface area contributed by atoms with E-state index in [-0.39, 0.29) is 5.60 Å². The highest BCUT2D eigenvalue weighted by Gasteiger charge is 2.43. The third-order valence-corrected chi connectivity index (χ3v) is 5.13. The fraction of sp³-hybridized carbons (Fsp3) is 0.765. The van der Waals surface area contributed by atoms with Crippen LogP contribution in [-0.2, 0) is 23.4 Å². The first-order valence-corrected chi connectivity index (χ1v) is 8.17. The van der Waals surface area contributed by atoms with Crippen molar-refractivity contribution < 1.29 is 4.74 Å². The number of hydrogen-bond acceptors (Lipinski definition) is 4. The van der Waals surface area contributed by atoms with E-state index < -0.39 is 0 Å². The molecule has 2 aliphatic rings. The normalized spacial score (nSPS) is 23.0. The van der Waals surface area contributed by atoms with Crippen LogP contribution in [0.1, 0.15) is 69.2 Å². The summed E-state index contributed by atoms with van der Waals surface area (Å²) < 4.78 is 6.22. The van der Waals surface area contributed by atoms with Gasteiger partial charge in [0.1, 0.15) is 5.60 Å². The van der Waals surface area contributed by atoms with Crippen molar-refractivity contribution in [2.75, 3.05) is 6.61 Å². The van der Waals surface area contributed by atoms with Gasteiger partial charge in [0.05, 0.1) is 5.69 Å². The summed E-state index contributed by atoms with van der Waals surface area (Å²) in [6.45, 7) is 11.4. The fourth-order valence-electron chi connectivity index (χ4n) is 3.58. The number of aromatic nitrogens is 2. The Labute approximate surface area is 127 Å². The van der Waals surface area contributed by atoms with Crippen LogP contribution in [0.25, 0.3) is 0 Å². The van der Waals surface area contributed by atoms with Gasteiger partial charge in [-0.25, -0.2) is 9.97 Å². The fourth-order valence-corrected chi connectivity index (χ4v) is 3.58. The van der Waals surface area contributed by atoms with Gasteiger partial charge in [-0.2, -0.15) is 0 Å². The van der Waals surface area contributed by atoms with Crippen LogP contribution in [-0.4, -0.2) is 16.6 Å². The highest BCUT2D eigenvalue weighted by Crippen LogP contribution is 2.46. The molecule has 1 fully saturated rings. The maximum absolute atomic E-state index is 6.22. The third-order valence-electron chi connectivity index (χ3n) is 5.13. The minimum atomic E-state index is -0.271. The summed E-state index contributed by atoms with van der Waals surface area (Å²) in [5.74, 6) is 0.916. The molecule has 0 radical (unpaired) electrons. The Kier molecular flexibility index (Phi) is 3.78. The van der Waals surface area contributed by atoms with Crippen molar-refractivity contribution in [3.63, 3.8) is 0 Å². The Morgan fingerprint density at radius 2 is 1.81 bits per heavy atom. The van der Waals surface area contributed by atoms with E-state index in [2.05, 4.69) is 33.0 Å². The lowest BCUT2D eigenvalue weighted by Gasteiger charge is -2.42. The predicted molar refractivity (Wildman–Crippen MR) is 82.9 cm³/mol. The van der Waals surface area contributed by atoms with Gasteiger partial charge in [0.25, 0.3) is 0 Å². The molecule has 0 atom stereocenters. The van der Waals surface area contributed by atoms with Crippen LogP contribution in [0, 0.1) is 12.3 Å². The number of hydrogen-bond donors (Lipinski definition) is 1. The standard InChI is InChI=1S/C17H27N3O/c1-5-21-17(8-6-16(3,4)7-9-17)15-19-12(2)13-10-18-11-14(13)20-15/h18H,5-11H2,1-4H3. The van der Waals surface area contributed by atoms with E-state index in [0.29, 0.717) is 5.41 Å². The molecule has 0 saturated heterocycles. The molecule has 1 aliphatic carbocycles. The van der Waals surface area contributed by atoms with Gasteiger partial charge in [0.2, 0.25) is 0 Å². The summed E-state index contributed by atoms with van der Waals surface area (Å²) in [6.07, 6.45) is 4.40. The van der Waals surface area contributed by atoms with Gasteiger partial charge >= 0.3 is 0 Å². The molecular formula is C17H27N3O. The quantitative estimate of drug-likeness (QED) is 0.928. The SMILES string of the molecule is CCOC1(c2nc(C)c3c(n2)CNC3)CCC(C)(C)CC1. The average molecular weight is 289 g/mol. The molecule has 0 spiro atoms. The van der Waals surface area contributed by atoms with Crippen LogP contribution >= 0.6 is 0 Å². The number of aryl methyl sites for hydroxylation is 1. The van der Waals surface area contributed by atoms with E-state index in [1.165, 1.54) is 24.1 Å². The minimum absolute atomic E-state index is 0.271. The van der Waals surface area contributed by atoms with Gasteiger partial charge in [-0.3, -0.25) is 0 Å². The maximum Gasteiger partial charge on any atom is 0.160 e. The van der Waals surface area contributed by atoms with Gasteiger partial charge in [-0.1, -0.05) is 13.8 Å². The highest BCUT2D eigenvalue weighted by atomic mass is 16.5. The number of nitrogens with zero attached hydrogens (tertiary/aromatic N) is 2. The molecule has 1 aromatic heterocycles. The molecule has 1 aliphatic heterocycles. The lowest BCUT2D eigenvalue weighted by molar-refractivity contribution is -0.0949. The molecule has 4 nitrogen and oxygen atoms in total. The lowest BCUT2D eigenvalue weighted by atomic mass is 9.70. The third kappa shape index (κ3) is 2.71. The molecular weight excluding hydrogens is 262 g/mol. The van der Waals surface area contributed by atoms with Crippen LogP contribution in [0.2, 0.25) is 0 Å². The maximum atomic E-state index is 6.22. The largest absolute Gasteiger partial charge is 0.367 e. The van der Waals surface area contributed by atoms with E-state index in [0.717, 1.165) is 44.1 Å². The second-order valence-corrected chi connectivity index (χ2v) is 7.25. The highest BCUT2D eigenvalue weighted by molar-refractivity contribution is 5.29. The molecule has 1 aromatic rings. The van der Waals surface area contributed by atoms with E-state index in [1.54, 1.807) is 0 Å². The lowest BCUT2D eigenvalue weighted by Crippen LogP contribution is -2.39. The van der Waals surface area contributed by atoms with Gasteiger partial charge in [-0.15, -0.1) is 0 Å². The zero-order valence-corrected chi connectivity index (χ0v) is 13.8. The zero-order chi connectivity index (χ0) is 15.1. The Hall–Kier alpha value is -1.00. The average Bonchev–Trinajstić information content (AvgIpc) is 2.91. The van der Waals surface area contributed by atoms with Crippen molar-refractivity contribution in [1.82, 2.24) is 15.3 Å². The first-order chi connectivity index (χ1) is 9.96. The van der Waals surface area contributed by atoms with Crippen molar-refractivity contribution in [3.8, 4) is 0 Å². The summed E-state index contributed by atoms with van der Waals surface area (Å²) >= 11 is 0. The topological polar surface area (TPSA) is 47.0 Å². The number of fused-ring (bicyclic) bond motifs is 1. The van der Waals surface area contributed by atoms with E-state index in [1.807, 2.05) is 0 Å². The summed E-state index contributed by atoms with van der Waals surface area (Å²) in [6, 6.07) is 0. The molecule has 116 valence electrons. The number of ether oxygens (including phenoxy) is 1. The Balaban J connectivity index is 1.97. The second-order valence-electron chi connectivity index (χ2n) is 7.25. The predicted octanol–water partition coefficient (Wildman–Crippen LogP) is 3.22. The Morgan fingerprint density at radius 1 is 1.10 bits per heavy atom. The van der Waals surface area contributed by atoms with Gasteiger partial charge < -0.3 is 10.1 Å². The van der Waals surface area contributed by atoms with Crippen molar-refractivity contribution in [1.29, 1.82) is 0 Å². The number of rotatable bonds is 3. The molecule has 0 bridgehead atoms. The summed E-state index contributed by atoms with van der Waals surface area (Å²) in [4.78, 5) is 9.71. The van der Waals surface area contributed by atoms with Crippen molar-refractivity contribution >= 4 is 0 Å². The first-order valence-electron chi connectivity index (χ1n) is 8.17. The Morgan fingerprint density at radius 3 is 2.48 bits per heavy atom. The summed E-state index contributed by atoms with van der Waals surface area (Å²) in [7, 11) is 0. The zero-order valence-electron chi connectivity index (χ0n) is 13.8. The van der Waals surface area contributed by atoms with Gasteiger partial charge in [0, 0.05) is 31.0 Å². The molecule has 1 N–H and O–H groups in total. The molecule has 0 unspecified atom stereocenters. The van der Waals surface area contributed by atoms with Crippen molar-refractivity contribution in [3.05, 3.63) is 22.8 Å². The van der Waals surface area contributed by atoms with Crippen LogP contribution in [0.5, 0.6) is 0 Å².